The molecule has 9 heteroatoms. The molecule has 0 spiro atoms. The summed E-state index contributed by atoms with van der Waals surface area (Å²) < 4.78 is 0. The van der Waals surface area contributed by atoms with E-state index in [4.69, 9.17) is 5.11 Å². The lowest BCUT2D eigenvalue weighted by Gasteiger charge is -2.25. The van der Waals surface area contributed by atoms with E-state index < -0.39 is 10.9 Å². The number of hydrogen-bond acceptors (Lipinski definition) is 6. The lowest BCUT2D eigenvalue weighted by atomic mass is 10.1. The van der Waals surface area contributed by atoms with Gasteiger partial charge in [0.1, 0.15) is 5.69 Å². The fourth-order valence-electron chi connectivity index (χ4n) is 3.36. The van der Waals surface area contributed by atoms with Gasteiger partial charge in [0.25, 0.3) is 5.69 Å². The van der Waals surface area contributed by atoms with E-state index in [9.17, 15) is 19.7 Å². The van der Waals surface area contributed by atoms with Crippen molar-refractivity contribution in [3.63, 3.8) is 0 Å². The van der Waals surface area contributed by atoms with Gasteiger partial charge >= 0.3 is 5.97 Å². The lowest BCUT2D eigenvalue weighted by Crippen LogP contribution is -2.36. The summed E-state index contributed by atoms with van der Waals surface area (Å²) in [5.74, 6) is -1.08. The standard InChI is InChI=1S/C18H26N4O5/c1-20(13-18(24)25)14-5-4-10-21(11-8-14)12-9-17(23)19-15-6-2-3-7-16(15)22(26)27/h2-3,6-7,14H,4-5,8-13H2,1H3,(H,19,23)(H,24,25). The maximum absolute atomic E-state index is 12.2. The third-order valence-corrected chi connectivity index (χ3v) is 4.83. The van der Waals surface area contributed by atoms with Crippen molar-refractivity contribution in [3.8, 4) is 0 Å². The molecule has 2 N–H and O–H groups in total. The molecule has 9 nitrogen and oxygen atoms in total. The highest BCUT2D eigenvalue weighted by Crippen LogP contribution is 2.23. The third-order valence-electron chi connectivity index (χ3n) is 4.83. The topological polar surface area (TPSA) is 116 Å². The van der Waals surface area contributed by atoms with Crippen LogP contribution < -0.4 is 5.32 Å². The van der Waals surface area contributed by atoms with Crippen LogP contribution in [0.2, 0.25) is 0 Å². The number of carboxylic acid groups (broad SMARTS) is 1. The molecule has 1 heterocycles. The van der Waals surface area contributed by atoms with Gasteiger partial charge in [0, 0.05) is 25.1 Å². The van der Waals surface area contributed by atoms with Crippen LogP contribution in [0.25, 0.3) is 0 Å². The van der Waals surface area contributed by atoms with E-state index in [2.05, 4.69) is 10.2 Å². The molecule has 2 rings (SSSR count). The maximum Gasteiger partial charge on any atom is 0.317 e. The molecule has 0 bridgehead atoms. The van der Waals surface area contributed by atoms with Gasteiger partial charge in [-0.15, -0.1) is 0 Å². The molecule has 1 aromatic rings. The van der Waals surface area contributed by atoms with E-state index >= 15 is 0 Å². The molecule has 27 heavy (non-hydrogen) atoms. The average molecular weight is 378 g/mol. The van der Waals surface area contributed by atoms with Gasteiger partial charge in [0.15, 0.2) is 0 Å². The minimum Gasteiger partial charge on any atom is -0.480 e. The number of carboxylic acids is 1. The summed E-state index contributed by atoms with van der Waals surface area (Å²) in [6.07, 6.45) is 2.99. The SMILES string of the molecule is CN(CC(=O)O)C1CCCN(CCC(=O)Nc2ccccc2[N+](=O)[O-])CC1. The number of likely N-dealkylation sites (N-methyl/N-ethyl adjacent to an activating group) is 1. The van der Waals surface area contributed by atoms with Gasteiger partial charge in [-0.25, -0.2) is 0 Å². The van der Waals surface area contributed by atoms with Crippen molar-refractivity contribution in [2.45, 2.75) is 31.7 Å². The third kappa shape index (κ3) is 6.61. The van der Waals surface area contributed by atoms with Crippen LogP contribution in [0.1, 0.15) is 25.7 Å². The van der Waals surface area contributed by atoms with Crippen LogP contribution in [-0.4, -0.2) is 71.0 Å². The number of likely N-dealkylation sites (tertiary alicyclic amines) is 1. The van der Waals surface area contributed by atoms with Crippen molar-refractivity contribution in [2.24, 2.45) is 0 Å². The molecule has 148 valence electrons. The highest BCUT2D eigenvalue weighted by Gasteiger charge is 2.22. The maximum atomic E-state index is 12.2. The Kier molecular flexibility index (Phi) is 7.68. The molecular formula is C18H26N4O5. The van der Waals surface area contributed by atoms with Crippen molar-refractivity contribution in [1.29, 1.82) is 0 Å². The number of anilines is 1. The number of benzene rings is 1. The van der Waals surface area contributed by atoms with Crippen molar-refractivity contribution in [1.82, 2.24) is 9.80 Å². The molecule has 1 aliphatic rings. The van der Waals surface area contributed by atoms with Crippen LogP contribution in [-0.2, 0) is 9.59 Å². The molecule has 1 saturated heterocycles. The van der Waals surface area contributed by atoms with Crippen LogP contribution in [0.5, 0.6) is 0 Å². The summed E-state index contributed by atoms with van der Waals surface area (Å²) in [7, 11) is 1.83. The summed E-state index contributed by atoms with van der Waals surface area (Å²) in [6.45, 7) is 2.26. The fourth-order valence-corrected chi connectivity index (χ4v) is 3.36. The second-order valence-electron chi connectivity index (χ2n) is 6.81. The summed E-state index contributed by atoms with van der Waals surface area (Å²) in [4.78, 5) is 37.6. The van der Waals surface area contributed by atoms with E-state index in [-0.39, 0.29) is 36.3 Å². The number of para-hydroxylation sites is 2. The smallest absolute Gasteiger partial charge is 0.317 e. The van der Waals surface area contributed by atoms with Gasteiger partial charge in [0.2, 0.25) is 5.91 Å². The highest BCUT2D eigenvalue weighted by molar-refractivity contribution is 5.93. The van der Waals surface area contributed by atoms with E-state index in [0.717, 1.165) is 32.4 Å². The zero-order chi connectivity index (χ0) is 19.8. The number of rotatable bonds is 8. The number of amides is 1. The van der Waals surface area contributed by atoms with Crippen molar-refractivity contribution in [2.75, 3.05) is 38.5 Å². The molecule has 0 radical (unpaired) electrons. The van der Waals surface area contributed by atoms with Crippen LogP contribution in [0.3, 0.4) is 0 Å². The minimum atomic E-state index is -0.828. The Morgan fingerprint density at radius 2 is 2.07 bits per heavy atom. The van der Waals surface area contributed by atoms with E-state index in [1.54, 1.807) is 12.1 Å². The molecule has 1 fully saturated rings. The Labute approximate surface area is 158 Å². The number of nitrogens with one attached hydrogen (secondary N) is 1. The minimum absolute atomic E-state index is 0.0307. The second-order valence-corrected chi connectivity index (χ2v) is 6.81. The predicted molar refractivity (Wildman–Crippen MR) is 101 cm³/mol. The summed E-state index contributed by atoms with van der Waals surface area (Å²) in [5.41, 5.74) is 0.0867. The lowest BCUT2D eigenvalue weighted by molar-refractivity contribution is -0.383. The first-order chi connectivity index (χ1) is 12.9. The number of nitro benzene ring substituents is 1. The van der Waals surface area contributed by atoms with E-state index in [0.29, 0.717) is 6.54 Å². The first kappa shape index (κ1) is 20.8. The largest absolute Gasteiger partial charge is 0.480 e. The second kappa shape index (κ2) is 9.98. The Morgan fingerprint density at radius 3 is 2.78 bits per heavy atom. The number of carbonyl (C=O) groups is 2. The molecule has 1 aromatic carbocycles. The van der Waals surface area contributed by atoms with Crippen molar-refractivity contribution >= 4 is 23.3 Å². The van der Waals surface area contributed by atoms with E-state index in [1.165, 1.54) is 12.1 Å². The summed E-state index contributed by atoms with van der Waals surface area (Å²) in [5, 5.41) is 22.5. The zero-order valence-electron chi connectivity index (χ0n) is 15.5. The number of nitrogens with zero attached hydrogens (tertiary/aromatic N) is 3. The Morgan fingerprint density at radius 1 is 1.33 bits per heavy atom. The van der Waals surface area contributed by atoms with Gasteiger partial charge in [-0.1, -0.05) is 12.1 Å². The summed E-state index contributed by atoms with van der Waals surface area (Å²) in [6, 6.07) is 6.31. The average Bonchev–Trinajstić information content (AvgIpc) is 2.85. The number of hydrogen-bond donors (Lipinski definition) is 2. The molecule has 1 atom stereocenters. The van der Waals surface area contributed by atoms with Crippen molar-refractivity contribution < 1.29 is 19.6 Å². The number of nitro groups is 1. The van der Waals surface area contributed by atoms with Crippen LogP contribution in [0, 0.1) is 10.1 Å². The molecule has 1 aliphatic heterocycles. The first-order valence-electron chi connectivity index (χ1n) is 9.04. The zero-order valence-corrected chi connectivity index (χ0v) is 15.5. The van der Waals surface area contributed by atoms with Crippen LogP contribution in [0.15, 0.2) is 24.3 Å². The Bertz CT molecular complexity index is 681. The molecule has 0 aromatic heterocycles. The van der Waals surface area contributed by atoms with Gasteiger partial charge < -0.3 is 15.3 Å². The normalized spacial score (nSPS) is 18.1. The predicted octanol–water partition coefficient (Wildman–Crippen LogP) is 1.79. The monoisotopic (exact) mass is 378 g/mol. The van der Waals surface area contributed by atoms with Gasteiger partial charge in [-0.3, -0.25) is 24.6 Å². The molecule has 1 amide bonds. The summed E-state index contributed by atoms with van der Waals surface area (Å²) >= 11 is 0. The molecule has 1 unspecified atom stereocenters. The number of aliphatic carboxylic acids is 1. The first-order valence-corrected chi connectivity index (χ1v) is 9.04. The molecular weight excluding hydrogens is 352 g/mol. The number of carbonyl (C=O) groups excluding carboxylic acids is 1. The Hall–Kier alpha value is -2.52. The van der Waals surface area contributed by atoms with Gasteiger partial charge in [-0.05, 0) is 45.5 Å². The highest BCUT2D eigenvalue weighted by atomic mass is 16.6. The van der Waals surface area contributed by atoms with Gasteiger partial charge in [0.05, 0.1) is 11.5 Å². The van der Waals surface area contributed by atoms with E-state index in [1.807, 2.05) is 11.9 Å². The van der Waals surface area contributed by atoms with Crippen LogP contribution >= 0.6 is 0 Å². The molecule has 0 saturated carbocycles. The quantitative estimate of drug-likeness (QED) is 0.523. The van der Waals surface area contributed by atoms with Crippen molar-refractivity contribution in [3.05, 3.63) is 34.4 Å². The Balaban J connectivity index is 1.80. The molecule has 0 aliphatic carbocycles. The van der Waals surface area contributed by atoms with Crippen LogP contribution in [0.4, 0.5) is 11.4 Å². The van der Waals surface area contributed by atoms with Gasteiger partial charge in [-0.2, -0.15) is 0 Å². The fraction of sp³-hybridized carbons (Fsp3) is 0.556.